The van der Waals surface area contributed by atoms with E-state index in [1.165, 1.54) is 12.8 Å². The highest BCUT2D eigenvalue weighted by Crippen LogP contribution is 2.27. The van der Waals surface area contributed by atoms with Crippen LogP contribution in [0.25, 0.3) is 6.08 Å². The van der Waals surface area contributed by atoms with E-state index in [4.69, 9.17) is 23.2 Å². The fraction of sp³-hybridized carbons (Fsp3) is 0.550. The Kier molecular flexibility index (Phi) is 10.0. The summed E-state index contributed by atoms with van der Waals surface area (Å²) in [7, 11) is 4.08. The van der Waals surface area contributed by atoms with E-state index in [1.807, 2.05) is 31.1 Å². The van der Waals surface area contributed by atoms with Gasteiger partial charge in [-0.2, -0.15) is 0 Å². The molecular formula is C20H29Cl3N2O. The summed E-state index contributed by atoms with van der Waals surface area (Å²) < 4.78 is 0. The molecule has 1 aliphatic rings. The van der Waals surface area contributed by atoms with Gasteiger partial charge in [0.15, 0.2) is 0 Å². The number of likely N-dealkylation sites (N-methyl/N-ethyl adjacent to an activating group) is 1. The van der Waals surface area contributed by atoms with E-state index in [9.17, 15) is 4.79 Å². The molecule has 0 heterocycles. The van der Waals surface area contributed by atoms with Gasteiger partial charge in [-0.05, 0) is 69.5 Å². The van der Waals surface area contributed by atoms with Crippen molar-refractivity contribution in [2.24, 2.45) is 5.92 Å². The number of nitrogens with zero attached hydrogens (tertiary/aromatic N) is 2. The Morgan fingerprint density at radius 1 is 1.12 bits per heavy atom. The zero-order chi connectivity index (χ0) is 18.4. The maximum Gasteiger partial charge on any atom is 0.246 e. The number of halogens is 3. The standard InChI is InChI=1S/C20H28Cl2N2O.ClH/c1-15-4-8-17(9-5-15)24(13-12-23(2)3)20(25)11-7-16-6-10-18(21)19(22)14-16;/h6-7,10-11,14-15,17H,4-5,8-9,12-13H2,1-3H3;1H/b11-7+;/t15-,17-;. The number of carbonyl (C=O) groups excluding carboxylic acids is 1. The Bertz CT molecular complexity index is 611. The Hall–Kier alpha value is -0.740. The fourth-order valence-electron chi connectivity index (χ4n) is 3.21. The SMILES string of the molecule is CN(C)CCN(C(=O)/C=C/c1ccc(Cl)c(Cl)c1)[C@H]1CC[C@H](C)CC1.Cl. The summed E-state index contributed by atoms with van der Waals surface area (Å²) in [6.07, 6.45) is 8.08. The predicted octanol–water partition coefficient (Wildman–Crippen LogP) is 5.40. The molecule has 146 valence electrons. The zero-order valence-electron chi connectivity index (χ0n) is 15.8. The first-order valence-corrected chi connectivity index (χ1v) is 9.71. The highest BCUT2D eigenvalue weighted by molar-refractivity contribution is 6.42. The van der Waals surface area contributed by atoms with E-state index in [-0.39, 0.29) is 18.3 Å². The maximum atomic E-state index is 12.8. The Labute approximate surface area is 173 Å². The summed E-state index contributed by atoms with van der Waals surface area (Å²) in [6, 6.07) is 5.74. The second kappa shape index (κ2) is 11.2. The largest absolute Gasteiger partial charge is 0.335 e. The number of carbonyl (C=O) groups is 1. The van der Waals surface area contributed by atoms with Gasteiger partial charge in [-0.15, -0.1) is 12.4 Å². The van der Waals surface area contributed by atoms with E-state index >= 15 is 0 Å². The Morgan fingerprint density at radius 3 is 2.35 bits per heavy atom. The molecule has 0 aromatic heterocycles. The number of hydrogen-bond acceptors (Lipinski definition) is 2. The van der Waals surface area contributed by atoms with Crippen LogP contribution in [0.5, 0.6) is 0 Å². The number of amides is 1. The van der Waals surface area contributed by atoms with Crippen LogP contribution >= 0.6 is 35.6 Å². The summed E-state index contributed by atoms with van der Waals surface area (Å²) in [5, 5.41) is 1.02. The quantitative estimate of drug-likeness (QED) is 0.576. The summed E-state index contributed by atoms with van der Waals surface area (Å²) in [5.41, 5.74) is 0.882. The first-order chi connectivity index (χ1) is 11.9. The van der Waals surface area contributed by atoms with Crippen LogP contribution in [0.1, 0.15) is 38.2 Å². The summed E-state index contributed by atoms with van der Waals surface area (Å²) in [4.78, 5) is 17.0. The van der Waals surface area contributed by atoms with Crippen molar-refractivity contribution in [2.45, 2.75) is 38.6 Å². The van der Waals surface area contributed by atoms with Crippen LogP contribution in [-0.2, 0) is 4.79 Å². The number of benzene rings is 1. The Morgan fingerprint density at radius 2 is 1.77 bits per heavy atom. The lowest BCUT2D eigenvalue weighted by Gasteiger charge is -2.36. The van der Waals surface area contributed by atoms with E-state index in [0.29, 0.717) is 16.1 Å². The van der Waals surface area contributed by atoms with Gasteiger partial charge in [0.2, 0.25) is 5.91 Å². The van der Waals surface area contributed by atoms with Crippen LogP contribution in [0, 0.1) is 5.92 Å². The van der Waals surface area contributed by atoms with E-state index < -0.39 is 0 Å². The van der Waals surface area contributed by atoms with Crippen molar-refractivity contribution in [3.05, 3.63) is 39.9 Å². The van der Waals surface area contributed by atoms with Crippen molar-refractivity contribution < 1.29 is 4.79 Å². The molecule has 0 unspecified atom stereocenters. The van der Waals surface area contributed by atoms with Crippen LogP contribution in [0.3, 0.4) is 0 Å². The molecular weight excluding hydrogens is 391 g/mol. The molecule has 0 bridgehead atoms. The molecule has 0 saturated heterocycles. The molecule has 0 spiro atoms. The van der Waals surface area contributed by atoms with Crippen LogP contribution in [0.15, 0.2) is 24.3 Å². The van der Waals surface area contributed by atoms with Gasteiger partial charge >= 0.3 is 0 Å². The minimum absolute atomic E-state index is 0. The summed E-state index contributed by atoms with van der Waals surface area (Å²) in [6.45, 7) is 3.93. The normalized spacial score (nSPS) is 20.2. The third-order valence-corrected chi connectivity index (χ3v) is 5.60. The van der Waals surface area contributed by atoms with Gasteiger partial charge in [-0.25, -0.2) is 0 Å². The van der Waals surface area contributed by atoms with Crippen LogP contribution in [0.4, 0.5) is 0 Å². The fourth-order valence-corrected chi connectivity index (χ4v) is 3.52. The van der Waals surface area contributed by atoms with Gasteiger partial charge in [0, 0.05) is 25.2 Å². The highest BCUT2D eigenvalue weighted by Gasteiger charge is 2.26. The zero-order valence-corrected chi connectivity index (χ0v) is 18.1. The van der Waals surface area contributed by atoms with Gasteiger partial charge in [0.25, 0.3) is 0 Å². The van der Waals surface area contributed by atoms with E-state index in [0.717, 1.165) is 37.4 Å². The molecule has 0 aliphatic heterocycles. The molecule has 1 amide bonds. The predicted molar refractivity (Wildman–Crippen MR) is 114 cm³/mol. The second-order valence-corrected chi connectivity index (χ2v) is 8.07. The van der Waals surface area contributed by atoms with Gasteiger partial charge in [-0.1, -0.05) is 36.2 Å². The molecule has 1 aromatic rings. The van der Waals surface area contributed by atoms with Crippen molar-refractivity contribution in [2.75, 3.05) is 27.2 Å². The second-order valence-electron chi connectivity index (χ2n) is 7.26. The van der Waals surface area contributed by atoms with Gasteiger partial charge < -0.3 is 9.80 Å². The number of rotatable bonds is 6. The third-order valence-electron chi connectivity index (χ3n) is 4.86. The lowest BCUT2D eigenvalue weighted by Crippen LogP contribution is -2.44. The van der Waals surface area contributed by atoms with Crippen LogP contribution < -0.4 is 0 Å². The molecule has 2 rings (SSSR count). The lowest BCUT2D eigenvalue weighted by molar-refractivity contribution is -0.129. The van der Waals surface area contributed by atoms with E-state index in [2.05, 4.69) is 11.8 Å². The average Bonchev–Trinajstić information content (AvgIpc) is 2.57. The molecule has 3 nitrogen and oxygen atoms in total. The first kappa shape index (κ1) is 23.3. The maximum absolute atomic E-state index is 12.8. The van der Waals surface area contributed by atoms with Crippen molar-refractivity contribution in [1.82, 2.24) is 9.80 Å². The minimum Gasteiger partial charge on any atom is -0.335 e. The molecule has 0 atom stereocenters. The third kappa shape index (κ3) is 7.11. The van der Waals surface area contributed by atoms with Crippen molar-refractivity contribution in [3.63, 3.8) is 0 Å². The smallest absolute Gasteiger partial charge is 0.246 e. The number of hydrogen-bond donors (Lipinski definition) is 0. The molecule has 0 N–H and O–H groups in total. The summed E-state index contributed by atoms with van der Waals surface area (Å²) >= 11 is 12.0. The Balaban J connectivity index is 0.00000338. The molecule has 1 aromatic carbocycles. The molecule has 6 heteroatoms. The highest BCUT2D eigenvalue weighted by atomic mass is 35.5. The van der Waals surface area contributed by atoms with Crippen molar-refractivity contribution in [3.8, 4) is 0 Å². The van der Waals surface area contributed by atoms with Gasteiger partial charge in [0.1, 0.15) is 0 Å². The van der Waals surface area contributed by atoms with Crippen LogP contribution in [0.2, 0.25) is 10.0 Å². The van der Waals surface area contributed by atoms with Crippen LogP contribution in [-0.4, -0.2) is 48.9 Å². The average molecular weight is 420 g/mol. The minimum atomic E-state index is 0. The molecule has 1 fully saturated rings. The molecule has 1 aliphatic carbocycles. The van der Waals surface area contributed by atoms with Crippen molar-refractivity contribution in [1.29, 1.82) is 0 Å². The van der Waals surface area contributed by atoms with Gasteiger partial charge in [-0.3, -0.25) is 4.79 Å². The first-order valence-electron chi connectivity index (χ1n) is 8.95. The topological polar surface area (TPSA) is 23.6 Å². The molecule has 26 heavy (non-hydrogen) atoms. The monoisotopic (exact) mass is 418 g/mol. The van der Waals surface area contributed by atoms with E-state index in [1.54, 1.807) is 18.2 Å². The van der Waals surface area contributed by atoms with Gasteiger partial charge in [0.05, 0.1) is 10.0 Å². The molecule has 0 radical (unpaired) electrons. The lowest BCUT2D eigenvalue weighted by atomic mass is 9.86. The molecule has 1 saturated carbocycles. The summed E-state index contributed by atoms with van der Waals surface area (Å²) in [5.74, 6) is 0.848. The van der Waals surface area contributed by atoms with Crippen molar-refractivity contribution >= 4 is 47.6 Å².